The highest BCUT2D eigenvalue weighted by molar-refractivity contribution is 6.31. The molecule has 2 aromatic rings. The monoisotopic (exact) mass is 281 g/mol. The fraction of sp³-hybridized carbons (Fsp3) is 0.200. The molecule has 100 valence electrons. The van der Waals surface area contributed by atoms with Gasteiger partial charge in [0, 0.05) is 11.1 Å². The minimum Gasteiger partial charge on any atom is -0.324 e. The van der Waals surface area contributed by atoms with Crippen molar-refractivity contribution in [2.24, 2.45) is 5.73 Å². The standard InChI is InChI=1S/C15H14ClF2N/c1-8-3-6-13(17)14(15(8)18)10-4-5-11(9(2)19)12(16)7-10/h3-7,9H,19H2,1-2H3. The van der Waals surface area contributed by atoms with Crippen molar-refractivity contribution in [2.75, 3.05) is 0 Å². The van der Waals surface area contributed by atoms with E-state index in [2.05, 4.69) is 0 Å². The molecule has 2 aromatic carbocycles. The molecule has 0 bridgehead atoms. The Morgan fingerprint density at radius 2 is 1.84 bits per heavy atom. The molecule has 19 heavy (non-hydrogen) atoms. The van der Waals surface area contributed by atoms with Crippen LogP contribution in [0.3, 0.4) is 0 Å². The van der Waals surface area contributed by atoms with Crippen LogP contribution < -0.4 is 5.73 Å². The molecule has 0 spiro atoms. The molecule has 0 amide bonds. The predicted octanol–water partition coefficient (Wildman–Crippen LogP) is 4.61. The first-order valence-corrected chi connectivity index (χ1v) is 6.29. The minimum absolute atomic E-state index is 0.0573. The summed E-state index contributed by atoms with van der Waals surface area (Å²) in [5.74, 6) is -1.17. The molecule has 0 saturated heterocycles. The van der Waals surface area contributed by atoms with Gasteiger partial charge in [-0.15, -0.1) is 0 Å². The van der Waals surface area contributed by atoms with Gasteiger partial charge in [0.05, 0.1) is 5.56 Å². The number of rotatable bonds is 2. The highest BCUT2D eigenvalue weighted by Crippen LogP contribution is 2.32. The van der Waals surface area contributed by atoms with Crippen molar-refractivity contribution < 1.29 is 8.78 Å². The molecule has 0 radical (unpaired) electrons. The summed E-state index contributed by atoms with van der Waals surface area (Å²) in [6.07, 6.45) is 0. The number of hydrogen-bond donors (Lipinski definition) is 1. The molecule has 2 rings (SSSR count). The zero-order valence-electron chi connectivity index (χ0n) is 10.7. The van der Waals surface area contributed by atoms with Gasteiger partial charge in [-0.25, -0.2) is 8.78 Å². The third-order valence-electron chi connectivity index (χ3n) is 3.06. The van der Waals surface area contributed by atoms with Crippen molar-refractivity contribution in [3.8, 4) is 11.1 Å². The number of hydrogen-bond acceptors (Lipinski definition) is 1. The van der Waals surface area contributed by atoms with Gasteiger partial charge in [0.2, 0.25) is 0 Å². The van der Waals surface area contributed by atoms with E-state index in [0.29, 0.717) is 16.1 Å². The van der Waals surface area contributed by atoms with Crippen LogP contribution in [0.2, 0.25) is 5.02 Å². The van der Waals surface area contributed by atoms with Crippen molar-refractivity contribution in [3.63, 3.8) is 0 Å². The van der Waals surface area contributed by atoms with Crippen molar-refractivity contribution in [1.29, 1.82) is 0 Å². The Hall–Kier alpha value is -1.45. The first-order chi connectivity index (χ1) is 8.91. The number of aryl methyl sites for hydroxylation is 1. The molecule has 1 atom stereocenters. The van der Waals surface area contributed by atoms with E-state index in [1.165, 1.54) is 12.1 Å². The molecule has 2 N–H and O–H groups in total. The fourth-order valence-electron chi connectivity index (χ4n) is 1.97. The fourth-order valence-corrected chi connectivity index (χ4v) is 2.33. The number of benzene rings is 2. The maximum atomic E-state index is 14.0. The summed E-state index contributed by atoms with van der Waals surface area (Å²) in [6, 6.07) is 7.30. The number of halogens is 3. The topological polar surface area (TPSA) is 26.0 Å². The second-order valence-electron chi connectivity index (χ2n) is 4.58. The van der Waals surface area contributed by atoms with Gasteiger partial charge in [-0.05, 0) is 42.7 Å². The highest BCUT2D eigenvalue weighted by Gasteiger charge is 2.15. The van der Waals surface area contributed by atoms with Gasteiger partial charge in [0.1, 0.15) is 11.6 Å². The first kappa shape index (κ1) is 14.0. The molecular weight excluding hydrogens is 268 g/mol. The van der Waals surface area contributed by atoms with E-state index in [9.17, 15) is 8.78 Å². The summed E-state index contributed by atoms with van der Waals surface area (Å²) < 4.78 is 27.8. The molecule has 0 aliphatic carbocycles. The van der Waals surface area contributed by atoms with E-state index in [-0.39, 0.29) is 11.6 Å². The lowest BCUT2D eigenvalue weighted by Gasteiger charge is -2.12. The molecule has 0 aromatic heterocycles. The van der Waals surface area contributed by atoms with Crippen molar-refractivity contribution >= 4 is 11.6 Å². The summed E-state index contributed by atoms with van der Waals surface area (Å²) in [5, 5.41) is 0.410. The van der Waals surface area contributed by atoms with Gasteiger partial charge in [0.25, 0.3) is 0 Å². The van der Waals surface area contributed by atoms with E-state index in [0.717, 1.165) is 5.56 Å². The Balaban J connectivity index is 2.61. The van der Waals surface area contributed by atoms with Gasteiger partial charge >= 0.3 is 0 Å². The molecule has 0 aliphatic heterocycles. The maximum absolute atomic E-state index is 14.0. The van der Waals surface area contributed by atoms with Crippen molar-refractivity contribution in [2.45, 2.75) is 19.9 Å². The van der Waals surface area contributed by atoms with Crippen LogP contribution in [0.25, 0.3) is 11.1 Å². The zero-order valence-corrected chi connectivity index (χ0v) is 11.4. The summed E-state index contributed by atoms with van der Waals surface area (Å²) in [7, 11) is 0. The van der Waals surface area contributed by atoms with Gasteiger partial charge in [0.15, 0.2) is 0 Å². The Morgan fingerprint density at radius 3 is 2.42 bits per heavy atom. The van der Waals surface area contributed by atoms with Gasteiger partial charge < -0.3 is 5.73 Å². The van der Waals surface area contributed by atoms with Gasteiger partial charge in [-0.1, -0.05) is 29.8 Å². The van der Waals surface area contributed by atoms with Gasteiger partial charge in [-0.3, -0.25) is 0 Å². The summed E-state index contributed by atoms with van der Waals surface area (Å²) in [5.41, 5.74) is 7.25. The van der Waals surface area contributed by atoms with Crippen LogP contribution in [0.5, 0.6) is 0 Å². The number of nitrogens with two attached hydrogens (primary N) is 1. The molecule has 1 nitrogen and oxygen atoms in total. The molecular formula is C15H14ClF2N. The SMILES string of the molecule is Cc1ccc(F)c(-c2ccc(C(C)N)c(Cl)c2)c1F. The summed E-state index contributed by atoms with van der Waals surface area (Å²) in [6.45, 7) is 3.39. The Labute approximate surface area is 116 Å². The Kier molecular flexibility index (Phi) is 3.88. The van der Waals surface area contributed by atoms with E-state index >= 15 is 0 Å². The molecule has 0 aliphatic rings. The summed E-state index contributed by atoms with van der Waals surface area (Å²) in [4.78, 5) is 0. The van der Waals surface area contributed by atoms with Crippen LogP contribution in [-0.2, 0) is 0 Å². The zero-order chi connectivity index (χ0) is 14.2. The largest absolute Gasteiger partial charge is 0.324 e. The van der Waals surface area contributed by atoms with Crippen LogP contribution >= 0.6 is 11.6 Å². The first-order valence-electron chi connectivity index (χ1n) is 5.92. The third kappa shape index (κ3) is 2.62. The average molecular weight is 282 g/mol. The molecule has 0 saturated carbocycles. The molecule has 4 heteroatoms. The van der Waals surface area contributed by atoms with Crippen LogP contribution in [0, 0.1) is 18.6 Å². The smallest absolute Gasteiger partial charge is 0.136 e. The quantitative estimate of drug-likeness (QED) is 0.854. The Bertz CT molecular complexity index is 624. The van der Waals surface area contributed by atoms with Crippen LogP contribution in [0.1, 0.15) is 24.1 Å². The maximum Gasteiger partial charge on any atom is 0.136 e. The van der Waals surface area contributed by atoms with E-state index in [1.54, 1.807) is 32.0 Å². The van der Waals surface area contributed by atoms with Crippen LogP contribution in [-0.4, -0.2) is 0 Å². The Morgan fingerprint density at radius 1 is 1.16 bits per heavy atom. The lowest BCUT2D eigenvalue weighted by Crippen LogP contribution is -2.05. The second kappa shape index (κ2) is 5.27. The highest BCUT2D eigenvalue weighted by atomic mass is 35.5. The third-order valence-corrected chi connectivity index (χ3v) is 3.39. The van der Waals surface area contributed by atoms with Crippen LogP contribution in [0.4, 0.5) is 8.78 Å². The minimum atomic E-state index is -0.604. The lowest BCUT2D eigenvalue weighted by atomic mass is 9.99. The predicted molar refractivity (Wildman–Crippen MR) is 74.1 cm³/mol. The normalized spacial score (nSPS) is 12.5. The molecule has 0 fully saturated rings. The molecule has 1 unspecified atom stereocenters. The van der Waals surface area contributed by atoms with Crippen LogP contribution in [0.15, 0.2) is 30.3 Å². The van der Waals surface area contributed by atoms with E-state index in [4.69, 9.17) is 17.3 Å². The molecule has 0 heterocycles. The van der Waals surface area contributed by atoms with Gasteiger partial charge in [-0.2, -0.15) is 0 Å². The lowest BCUT2D eigenvalue weighted by molar-refractivity contribution is 0.584. The average Bonchev–Trinajstić information content (AvgIpc) is 2.34. The second-order valence-corrected chi connectivity index (χ2v) is 4.99. The van der Waals surface area contributed by atoms with Crippen molar-refractivity contribution in [1.82, 2.24) is 0 Å². The van der Waals surface area contributed by atoms with Crippen molar-refractivity contribution in [3.05, 3.63) is 58.1 Å². The summed E-state index contributed by atoms with van der Waals surface area (Å²) >= 11 is 6.09. The van der Waals surface area contributed by atoms with E-state index < -0.39 is 11.6 Å². The van der Waals surface area contributed by atoms with E-state index in [1.807, 2.05) is 0 Å².